The number of alkyl halides is 3. The van der Waals surface area contributed by atoms with Crippen molar-refractivity contribution in [3.63, 3.8) is 0 Å². The minimum atomic E-state index is -4.37. The molecule has 4 rings (SSSR count). The van der Waals surface area contributed by atoms with Crippen LogP contribution in [0.15, 0.2) is 65.1 Å². The van der Waals surface area contributed by atoms with Crippen LogP contribution in [0.25, 0.3) is 0 Å². The van der Waals surface area contributed by atoms with Crippen molar-refractivity contribution in [3.8, 4) is 5.75 Å². The maximum absolute atomic E-state index is 13.0. The molecule has 2 aromatic carbocycles. The number of carbonyl (C=O) groups is 1. The van der Waals surface area contributed by atoms with Crippen molar-refractivity contribution in [2.45, 2.75) is 19.3 Å². The lowest BCUT2D eigenvalue weighted by molar-refractivity contribution is -0.137. The van der Waals surface area contributed by atoms with Gasteiger partial charge in [0.25, 0.3) is 5.91 Å². The highest BCUT2D eigenvalue weighted by molar-refractivity contribution is 5.91. The molecule has 0 bridgehead atoms. The van der Waals surface area contributed by atoms with Gasteiger partial charge in [0.1, 0.15) is 23.9 Å². The van der Waals surface area contributed by atoms with E-state index in [1.54, 1.807) is 23.1 Å². The lowest BCUT2D eigenvalue weighted by atomic mass is 10.1. The summed E-state index contributed by atoms with van der Waals surface area (Å²) in [5.41, 5.74) is -0.0766. The number of hydrogen-bond acceptors (Lipinski definition) is 4. The molecule has 0 spiro atoms. The number of rotatable bonds is 6. The molecule has 1 amide bonds. The normalized spacial score (nSPS) is 15.0. The third kappa shape index (κ3) is 5.92. The number of benzene rings is 2. The minimum absolute atomic E-state index is 0.101. The summed E-state index contributed by atoms with van der Waals surface area (Å²) >= 11 is 0. The molecule has 1 aromatic heterocycles. The Hall–Kier alpha value is -3.33. The summed E-state index contributed by atoms with van der Waals surface area (Å²) < 4.78 is 62.8. The number of piperazine rings is 1. The number of amides is 1. The highest BCUT2D eigenvalue weighted by atomic mass is 19.4. The second-order valence-corrected chi connectivity index (χ2v) is 7.78. The molecular formula is C24H22F4N2O3. The van der Waals surface area contributed by atoms with Gasteiger partial charge in [-0.1, -0.05) is 18.2 Å². The fraction of sp³-hybridized carbons (Fsp3) is 0.292. The molecule has 0 atom stereocenters. The zero-order valence-corrected chi connectivity index (χ0v) is 17.6. The largest absolute Gasteiger partial charge is 0.486 e. The van der Waals surface area contributed by atoms with Gasteiger partial charge in [-0.2, -0.15) is 13.2 Å². The molecule has 3 aromatic rings. The summed E-state index contributed by atoms with van der Waals surface area (Å²) in [6.45, 7) is 2.47. The van der Waals surface area contributed by atoms with Crippen molar-refractivity contribution >= 4 is 5.91 Å². The van der Waals surface area contributed by atoms with E-state index in [4.69, 9.17) is 9.15 Å². The fourth-order valence-corrected chi connectivity index (χ4v) is 3.62. The average molecular weight is 462 g/mol. The second kappa shape index (κ2) is 9.66. The minimum Gasteiger partial charge on any atom is -0.486 e. The molecule has 1 aliphatic rings. The van der Waals surface area contributed by atoms with Crippen molar-refractivity contribution < 1.29 is 31.5 Å². The summed E-state index contributed by atoms with van der Waals surface area (Å²) in [5.74, 6) is 0.535. The smallest absolute Gasteiger partial charge is 0.416 e. The van der Waals surface area contributed by atoms with Crippen molar-refractivity contribution in [2.75, 3.05) is 26.2 Å². The Kier molecular flexibility index (Phi) is 6.69. The van der Waals surface area contributed by atoms with Crippen LogP contribution < -0.4 is 4.74 Å². The summed E-state index contributed by atoms with van der Waals surface area (Å²) in [7, 11) is 0. The Labute approximate surface area is 188 Å². The maximum Gasteiger partial charge on any atom is 0.416 e. The molecule has 0 N–H and O–H groups in total. The van der Waals surface area contributed by atoms with E-state index < -0.39 is 11.7 Å². The van der Waals surface area contributed by atoms with Gasteiger partial charge < -0.3 is 14.1 Å². The van der Waals surface area contributed by atoms with Crippen LogP contribution in [0, 0.1) is 5.82 Å². The van der Waals surface area contributed by atoms with Crippen LogP contribution in [0.3, 0.4) is 0 Å². The van der Waals surface area contributed by atoms with Gasteiger partial charge in [0.2, 0.25) is 0 Å². The van der Waals surface area contributed by atoms with Crippen LogP contribution in [0.1, 0.15) is 27.4 Å². The molecular weight excluding hydrogens is 440 g/mol. The van der Waals surface area contributed by atoms with Gasteiger partial charge in [-0.3, -0.25) is 9.69 Å². The van der Waals surface area contributed by atoms with Crippen LogP contribution >= 0.6 is 0 Å². The Balaban J connectivity index is 1.28. The van der Waals surface area contributed by atoms with Crippen LogP contribution in [0.5, 0.6) is 5.75 Å². The Morgan fingerprint density at radius 2 is 1.70 bits per heavy atom. The third-order valence-corrected chi connectivity index (χ3v) is 5.39. The van der Waals surface area contributed by atoms with E-state index in [2.05, 4.69) is 0 Å². The lowest BCUT2D eigenvalue weighted by Gasteiger charge is -2.34. The van der Waals surface area contributed by atoms with E-state index in [0.717, 1.165) is 12.1 Å². The number of furan rings is 1. The number of ether oxygens (including phenoxy) is 1. The number of nitrogens with zero attached hydrogens (tertiary/aromatic N) is 2. The van der Waals surface area contributed by atoms with Gasteiger partial charge >= 0.3 is 6.18 Å². The quantitative estimate of drug-likeness (QED) is 0.485. The first-order chi connectivity index (χ1) is 15.8. The SMILES string of the molecule is O=C(c1ccc(COc2ccc(F)cc2)o1)N1CCN(Cc2cccc(C(F)(F)F)c2)CC1. The molecule has 0 saturated carbocycles. The van der Waals surface area contributed by atoms with Gasteiger partial charge in [0.15, 0.2) is 5.76 Å². The Morgan fingerprint density at radius 1 is 0.970 bits per heavy atom. The van der Waals surface area contributed by atoms with E-state index >= 15 is 0 Å². The van der Waals surface area contributed by atoms with Crippen molar-refractivity contribution in [1.82, 2.24) is 9.80 Å². The molecule has 0 aliphatic carbocycles. The summed E-state index contributed by atoms with van der Waals surface area (Å²) in [5, 5.41) is 0. The Bertz CT molecular complexity index is 1090. The van der Waals surface area contributed by atoms with Gasteiger partial charge in [-0.15, -0.1) is 0 Å². The number of halogens is 4. The molecule has 0 unspecified atom stereocenters. The summed E-state index contributed by atoms with van der Waals surface area (Å²) in [6.07, 6.45) is -4.37. The fourth-order valence-electron chi connectivity index (χ4n) is 3.62. The van der Waals surface area contributed by atoms with Crippen LogP contribution in [-0.2, 0) is 19.3 Å². The van der Waals surface area contributed by atoms with Gasteiger partial charge in [0, 0.05) is 32.7 Å². The highest BCUT2D eigenvalue weighted by Gasteiger charge is 2.30. The van der Waals surface area contributed by atoms with E-state index in [9.17, 15) is 22.4 Å². The second-order valence-electron chi connectivity index (χ2n) is 7.78. The predicted molar refractivity (Wildman–Crippen MR) is 112 cm³/mol. The zero-order valence-electron chi connectivity index (χ0n) is 17.6. The molecule has 33 heavy (non-hydrogen) atoms. The van der Waals surface area contributed by atoms with Crippen molar-refractivity contribution in [3.05, 3.63) is 89.1 Å². The molecule has 1 aliphatic heterocycles. The lowest BCUT2D eigenvalue weighted by Crippen LogP contribution is -2.48. The molecule has 5 nitrogen and oxygen atoms in total. The van der Waals surface area contributed by atoms with E-state index in [1.807, 2.05) is 4.90 Å². The number of carbonyl (C=O) groups excluding carboxylic acids is 1. The standard InChI is InChI=1S/C24H22F4N2O3/c25-19-4-6-20(7-5-19)32-16-21-8-9-22(33-21)23(31)30-12-10-29(11-13-30)15-17-2-1-3-18(14-17)24(26,27)28/h1-9,14H,10-13,15-16H2. The van der Waals surface area contributed by atoms with Crippen molar-refractivity contribution in [1.29, 1.82) is 0 Å². The first-order valence-electron chi connectivity index (χ1n) is 10.4. The molecule has 1 saturated heterocycles. The molecule has 174 valence electrons. The zero-order chi connectivity index (χ0) is 23.4. The van der Waals surface area contributed by atoms with Crippen molar-refractivity contribution in [2.24, 2.45) is 0 Å². The average Bonchev–Trinajstić information content (AvgIpc) is 3.27. The van der Waals surface area contributed by atoms with Crippen LogP contribution in [0.4, 0.5) is 17.6 Å². The molecule has 9 heteroatoms. The predicted octanol–water partition coefficient (Wildman–Crippen LogP) is 4.97. The first-order valence-corrected chi connectivity index (χ1v) is 10.4. The molecule has 1 fully saturated rings. The number of hydrogen-bond donors (Lipinski definition) is 0. The van der Waals surface area contributed by atoms with Gasteiger partial charge in [-0.25, -0.2) is 4.39 Å². The van der Waals surface area contributed by atoms with E-state index in [0.29, 0.717) is 49.8 Å². The maximum atomic E-state index is 13.0. The van der Waals surface area contributed by atoms with E-state index in [-0.39, 0.29) is 24.1 Å². The molecule has 2 heterocycles. The van der Waals surface area contributed by atoms with Gasteiger partial charge in [-0.05, 0) is 48.0 Å². The first kappa shape index (κ1) is 22.8. The Morgan fingerprint density at radius 3 is 2.39 bits per heavy atom. The third-order valence-electron chi connectivity index (χ3n) is 5.39. The summed E-state index contributed by atoms with van der Waals surface area (Å²) in [4.78, 5) is 16.4. The van der Waals surface area contributed by atoms with Gasteiger partial charge in [0.05, 0.1) is 5.56 Å². The van der Waals surface area contributed by atoms with Crippen LogP contribution in [0.2, 0.25) is 0 Å². The van der Waals surface area contributed by atoms with Crippen LogP contribution in [-0.4, -0.2) is 41.9 Å². The topological polar surface area (TPSA) is 45.9 Å². The highest BCUT2D eigenvalue weighted by Crippen LogP contribution is 2.30. The monoisotopic (exact) mass is 462 g/mol. The summed E-state index contributed by atoms with van der Waals surface area (Å²) in [6, 6.07) is 14.1. The van der Waals surface area contributed by atoms with E-state index in [1.165, 1.54) is 30.3 Å². The molecule has 0 radical (unpaired) electrons.